The van der Waals surface area contributed by atoms with Crippen LogP contribution in [0.15, 0.2) is 54.6 Å². The van der Waals surface area contributed by atoms with Crippen LogP contribution >= 0.6 is 0 Å². The summed E-state index contributed by atoms with van der Waals surface area (Å²) in [6.07, 6.45) is 0. The molecule has 0 spiro atoms. The van der Waals surface area contributed by atoms with Gasteiger partial charge in [0.25, 0.3) is 5.91 Å². The SMILES string of the molecule is COc1ccc(CNC(=O)c2cc(Nc3cccc(OC)c3)nc(C)n2)cc1. The molecule has 0 bridgehead atoms. The van der Waals surface area contributed by atoms with Crippen molar-refractivity contribution in [2.75, 3.05) is 19.5 Å². The molecule has 1 amide bonds. The number of methoxy groups -OCH3 is 2. The van der Waals surface area contributed by atoms with Crippen LogP contribution in [0, 0.1) is 6.92 Å². The number of hydrogen-bond donors (Lipinski definition) is 2. The van der Waals surface area contributed by atoms with E-state index in [-0.39, 0.29) is 5.91 Å². The Morgan fingerprint density at radius 1 is 0.964 bits per heavy atom. The molecule has 0 radical (unpaired) electrons. The maximum absolute atomic E-state index is 12.5. The van der Waals surface area contributed by atoms with Crippen LogP contribution in [0.4, 0.5) is 11.5 Å². The summed E-state index contributed by atoms with van der Waals surface area (Å²) in [6, 6.07) is 16.6. The molecule has 1 heterocycles. The highest BCUT2D eigenvalue weighted by Crippen LogP contribution is 2.20. The molecule has 0 aliphatic heterocycles. The first kappa shape index (κ1) is 19.2. The normalized spacial score (nSPS) is 10.2. The van der Waals surface area contributed by atoms with Gasteiger partial charge >= 0.3 is 0 Å². The van der Waals surface area contributed by atoms with E-state index in [2.05, 4.69) is 20.6 Å². The molecule has 0 atom stereocenters. The average Bonchev–Trinajstić information content (AvgIpc) is 2.72. The van der Waals surface area contributed by atoms with E-state index in [1.165, 1.54) is 0 Å². The first-order valence-corrected chi connectivity index (χ1v) is 8.75. The van der Waals surface area contributed by atoms with Gasteiger partial charge in [0.05, 0.1) is 14.2 Å². The minimum Gasteiger partial charge on any atom is -0.497 e. The van der Waals surface area contributed by atoms with E-state index < -0.39 is 0 Å². The van der Waals surface area contributed by atoms with Gasteiger partial charge in [-0.05, 0) is 36.8 Å². The maximum atomic E-state index is 12.5. The fourth-order valence-corrected chi connectivity index (χ4v) is 2.61. The highest BCUT2D eigenvalue weighted by atomic mass is 16.5. The lowest BCUT2D eigenvalue weighted by atomic mass is 10.2. The zero-order chi connectivity index (χ0) is 19.9. The lowest BCUT2D eigenvalue weighted by Gasteiger charge is -2.10. The number of anilines is 2. The number of rotatable bonds is 7. The van der Waals surface area contributed by atoms with Crippen molar-refractivity contribution in [1.29, 1.82) is 0 Å². The molecule has 0 fully saturated rings. The number of benzene rings is 2. The number of ether oxygens (including phenoxy) is 2. The number of nitrogens with one attached hydrogen (secondary N) is 2. The Labute approximate surface area is 163 Å². The third kappa shape index (κ3) is 4.97. The van der Waals surface area contributed by atoms with Gasteiger partial charge in [-0.2, -0.15) is 0 Å². The Morgan fingerprint density at radius 3 is 2.43 bits per heavy atom. The van der Waals surface area contributed by atoms with Crippen LogP contribution in [0.25, 0.3) is 0 Å². The molecular weight excluding hydrogens is 356 g/mol. The monoisotopic (exact) mass is 378 g/mol. The van der Waals surface area contributed by atoms with Gasteiger partial charge in [-0.25, -0.2) is 9.97 Å². The standard InChI is InChI=1S/C21H22N4O3/c1-14-23-19(21(26)22-13-15-7-9-17(27-2)10-8-15)12-20(24-14)25-16-5-4-6-18(11-16)28-3/h4-12H,13H2,1-3H3,(H,22,26)(H,23,24,25). The predicted molar refractivity (Wildman–Crippen MR) is 107 cm³/mol. The molecule has 0 unspecified atom stereocenters. The number of carbonyl (C=O) groups is 1. The van der Waals surface area contributed by atoms with Crippen molar-refractivity contribution in [3.05, 3.63) is 71.7 Å². The molecule has 0 aliphatic carbocycles. The summed E-state index contributed by atoms with van der Waals surface area (Å²) in [5, 5.41) is 6.05. The van der Waals surface area contributed by atoms with Gasteiger partial charge in [0.2, 0.25) is 0 Å². The van der Waals surface area contributed by atoms with Crippen LogP contribution in [-0.2, 0) is 6.54 Å². The van der Waals surface area contributed by atoms with Crippen LogP contribution in [0.3, 0.4) is 0 Å². The molecule has 2 aromatic carbocycles. The van der Waals surface area contributed by atoms with Crippen molar-refractivity contribution >= 4 is 17.4 Å². The summed E-state index contributed by atoms with van der Waals surface area (Å²) >= 11 is 0. The zero-order valence-electron chi connectivity index (χ0n) is 16.0. The van der Waals surface area contributed by atoms with Crippen LogP contribution in [0.1, 0.15) is 21.9 Å². The molecule has 144 valence electrons. The largest absolute Gasteiger partial charge is 0.497 e. The molecule has 0 saturated carbocycles. The van der Waals surface area contributed by atoms with E-state index in [9.17, 15) is 4.79 Å². The van der Waals surface area contributed by atoms with Gasteiger partial charge in [-0.3, -0.25) is 4.79 Å². The lowest BCUT2D eigenvalue weighted by Crippen LogP contribution is -2.24. The molecule has 3 aromatic rings. The fraction of sp³-hybridized carbons (Fsp3) is 0.190. The molecule has 7 heteroatoms. The Kier molecular flexibility index (Phi) is 6.06. The first-order chi connectivity index (χ1) is 13.6. The number of nitrogens with zero attached hydrogens (tertiary/aromatic N) is 2. The summed E-state index contributed by atoms with van der Waals surface area (Å²) < 4.78 is 10.4. The number of aromatic nitrogens is 2. The highest BCUT2D eigenvalue weighted by molar-refractivity contribution is 5.93. The molecule has 1 aromatic heterocycles. The highest BCUT2D eigenvalue weighted by Gasteiger charge is 2.11. The maximum Gasteiger partial charge on any atom is 0.270 e. The average molecular weight is 378 g/mol. The lowest BCUT2D eigenvalue weighted by molar-refractivity contribution is 0.0945. The quantitative estimate of drug-likeness (QED) is 0.655. The molecule has 3 rings (SSSR count). The van der Waals surface area contributed by atoms with E-state index in [1.807, 2.05) is 48.5 Å². The van der Waals surface area contributed by atoms with Crippen molar-refractivity contribution in [3.8, 4) is 11.5 Å². The number of aryl methyl sites for hydroxylation is 1. The summed E-state index contributed by atoms with van der Waals surface area (Å²) in [6.45, 7) is 2.14. The van der Waals surface area contributed by atoms with Crippen LogP contribution in [0.5, 0.6) is 11.5 Å². The summed E-state index contributed by atoms with van der Waals surface area (Å²) in [7, 11) is 3.23. The molecular formula is C21H22N4O3. The Hall–Kier alpha value is -3.61. The number of hydrogen-bond acceptors (Lipinski definition) is 6. The third-order valence-electron chi connectivity index (χ3n) is 4.02. The summed E-state index contributed by atoms with van der Waals surface area (Å²) in [5.41, 5.74) is 2.07. The van der Waals surface area contributed by atoms with E-state index in [4.69, 9.17) is 9.47 Å². The van der Waals surface area contributed by atoms with Gasteiger partial charge in [-0.15, -0.1) is 0 Å². The molecule has 2 N–H and O–H groups in total. The second kappa shape index (κ2) is 8.85. The minimum absolute atomic E-state index is 0.269. The van der Waals surface area contributed by atoms with E-state index in [0.29, 0.717) is 23.9 Å². The van der Waals surface area contributed by atoms with E-state index >= 15 is 0 Å². The Balaban J connectivity index is 1.69. The third-order valence-corrected chi connectivity index (χ3v) is 4.02. The molecule has 0 saturated heterocycles. The van der Waals surface area contributed by atoms with Gasteiger partial charge in [0.15, 0.2) is 0 Å². The van der Waals surface area contributed by atoms with Crippen molar-refractivity contribution in [2.45, 2.75) is 13.5 Å². The van der Waals surface area contributed by atoms with E-state index in [0.717, 1.165) is 22.7 Å². The number of carbonyl (C=O) groups excluding carboxylic acids is 1. The van der Waals surface area contributed by atoms with Crippen LogP contribution < -0.4 is 20.1 Å². The Morgan fingerprint density at radius 2 is 1.71 bits per heavy atom. The van der Waals surface area contributed by atoms with Crippen molar-refractivity contribution < 1.29 is 14.3 Å². The van der Waals surface area contributed by atoms with Gasteiger partial charge in [0, 0.05) is 24.4 Å². The minimum atomic E-state index is -0.269. The first-order valence-electron chi connectivity index (χ1n) is 8.75. The molecule has 7 nitrogen and oxygen atoms in total. The predicted octanol–water partition coefficient (Wildman–Crippen LogP) is 3.48. The van der Waals surface area contributed by atoms with Crippen LogP contribution in [-0.4, -0.2) is 30.1 Å². The van der Waals surface area contributed by atoms with Gasteiger partial charge < -0.3 is 20.1 Å². The fourth-order valence-electron chi connectivity index (χ4n) is 2.61. The zero-order valence-corrected chi connectivity index (χ0v) is 16.0. The second-order valence-electron chi connectivity index (χ2n) is 6.07. The second-order valence-corrected chi connectivity index (χ2v) is 6.07. The van der Waals surface area contributed by atoms with Gasteiger partial charge in [0.1, 0.15) is 28.8 Å². The number of amides is 1. The summed E-state index contributed by atoms with van der Waals surface area (Å²) in [4.78, 5) is 21.1. The van der Waals surface area contributed by atoms with Crippen LogP contribution in [0.2, 0.25) is 0 Å². The Bertz CT molecular complexity index is 958. The molecule has 0 aliphatic rings. The topological polar surface area (TPSA) is 85.4 Å². The van der Waals surface area contributed by atoms with Crippen molar-refractivity contribution in [3.63, 3.8) is 0 Å². The van der Waals surface area contributed by atoms with Gasteiger partial charge in [-0.1, -0.05) is 18.2 Å². The molecule has 28 heavy (non-hydrogen) atoms. The van der Waals surface area contributed by atoms with E-state index in [1.54, 1.807) is 27.2 Å². The smallest absolute Gasteiger partial charge is 0.270 e. The van der Waals surface area contributed by atoms with Crippen molar-refractivity contribution in [2.24, 2.45) is 0 Å². The van der Waals surface area contributed by atoms with Crippen molar-refractivity contribution in [1.82, 2.24) is 15.3 Å². The summed E-state index contributed by atoms with van der Waals surface area (Å²) in [5.74, 6) is 2.27.